The first-order valence-electron chi connectivity index (χ1n) is 15.0. The van der Waals surface area contributed by atoms with Crippen LogP contribution in [0.15, 0.2) is 60.7 Å². The minimum absolute atomic E-state index is 0.00831. The van der Waals surface area contributed by atoms with E-state index in [9.17, 15) is 10.1 Å². The molecule has 0 bridgehead atoms. The van der Waals surface area contributed by atoms with Crippen LogP contribution in [0.3, 0.4) is 0 Å². The Hall–Kier alpha value is -2.05. The van der Waals surface area contributed by atoms with Gasteiger partial charge in [-0.3, -0.25) is 0 Å². The predicted octanol–water partition coefficient (Wildman–Crippen LogP) is 6.95. The molecule has 2 aliphatic rings. The lowest BCUT2D eigenvalue weighted by atomic mass is 9.45. The Labute approximate surface area is 244 Å². The maximum Gasteiger partial charge on any atom is 0.261 e. The molecule has 0 N–H and O–H groups in total. The Morgan fingerprint density at radius 2 is 1.55 bits per heavy atom. The van der Waals surface area contributed by atoms with Gasteiger partial charge in [-0.1, -0.05) is 95.3 Å². The standard InChI is InChI=1S/C34H49NO3Si2/c1-26-19-20-34(24-35)27(21-28(38-39(6,7)8)22-31(34)33(26,5)25-36)23-37-40(32(2,3)4,29-15-11-9-12-16-29)30-17-13-10-14-18-30/h9-18,25-28,31H,19-23H2,1-8H3/t26-,27-,28?,31-,33+,34-/m1/s1. The van der Waals surface area contributed by atoms with E-state index in [-0.39, 0.29) is 28.9 Å². The summed E-state index contributed by atoms with van der Waals surface area (Å²) in [5.74, 6) is 0.181. The normalized spacial score (nSPS) is 31.2. The first kappa shape index (κ1) is 30.9. The molecule has 6 atom stereocenters. The zero-order valence-electron chi connectivity index (χ0n) is 25.9. The average molecular weight is 576 g/mol. The maximum atomic E-state index is 12.8. The molecule has 4 rings (SSSR count). The number of nitrogens with zero attached hydrogens (tertiary/aromatic N) is 1. The Morgan fingerprint density at radius 1 is 1.00 bits per heavy atom. The molecule has 2 fully saturated rings. The van der Waals surface area contributed by atoms with Gasteiger partial charge in [0.05, 0.1) is 11.5 Å². The van der Waals surface area contributed by atoms with E-state index in [0.717, 1.165) is 32.0 Å². The maximum absolute atomic E-state index is 12.8. The Kier molecular flexibility index (Phi) is 8.75. The smallest absolute Gasteiger partial charge is 0.261 e. The molecule has 0 spiro atoms. The van der Waals surface area contributed by atoms with Gasteiger partial charge in [0, 0.05) is 24.0 Å². The van der Waals surface area contributed by atoms with E-state index in [0.29, 0.717) is 6.61 Å². The van der Waals surface area contributed by atoms with Gasteiger partial charge in [0.15, 0.2) is 8.32 Å². The first-order valence-corrected chi connectivity index (χ1v) is 20.4. The minimum atomic E-state index is -2.77. The van der Waals surface area contributed by atoms with Crippen LogP contribution in [-0.4, -0.2) is 35.6 Å². The van der Waals surface area contributed by atoms with Crippen LogP contribution in [0, 0.1) is 39.9 Å². The highest BCUT2D eigenvalue weighted by Crippen LogP contribution is 2.61. The van der Waals surface area contributed by atoms with Crippen LogP contribution >= 0.6 is 0 Å². The van der Waals surface area contributed by atoms with E-state index in [1.165, 1.54) is 10.4 Å². The molecule has 4 nitrogen and oxygen atoms in total. The highest BCUT2D eigenvalue weighted by atomic mass is 28.4. The Balaban J connectivity index is 1.82. The van der Waals surface area contributed by atoms with Crippen LogP contribution in [0.5, 0.6) is 0 Å². The van der Waals surface area contributed by atoms with Gasteiger partial charge in [-0.05, 0) is 72.6 Å². The molecule has 0 saturated heterocycles. The quantitative estimate of drug-likeness (QED) is 0.252. The first-order chi connectivity index (χ1) is 18.7. The van der Waals surface area contributed by atoms with Crippen molar-refractivity contribution in [2.24, 2.45) is 28.6 Å². The molecular formula is C34H49NO3Si2. The summed E-state index contributed by atoms with van der Waals surface area (Å²) >= 11 is 0. The number of nitriles is 1. The molecule has 2 aromatic rings. The largest absolute Gasteiger partial charge is 0.415 e. The van der Waals surface area contributed by atoms with Gasteiger partial charge in [-0.2, -0.15) is 5.26 Å². The van der Waals surface area contributed by atoms with Crippen molar-refractivity contribution in [2.75, 3.05) is 6.61 Å². The fourth-order valence-electron chi connectivity index (χ4n) is 7.90. The van der Waals surface area contributed by atoms with Crippen molar-refractivity contribution in [3.63, 3.8) is 0 Å². The van der Waals surface area contributed by atoms with Crippen LogP contribution in [0.25, 0.3) is 0 Å². The predicted molar refractivity (Wildman–Crippen MR) is 169 cm³/mol. The number of hydrogen-bond donors (Lipinski definition) is 0. The molecule has 2 saturated carbocycles. The summed E-state index contributed by atoms with van der Waals surface area (Å²) in [4.78, 5) is 12.8. The van der Waals surface area contributed by atoms with E-state index in [1.54, 1.807) is 0 Å². The third kappa shape index (κ3) is 5.43. The summed E-state index contributed by atoms with van der Waals surface area (Å²) in [7, 11) is -4.61. The highest BCUT2D eigenvalue weighted by molar-refractivity contribution is 6.99. The zero-order chi connectivity index (χ0) is 29.4. The van der Waals surface area contributed by atoms with Crippen LogP contribution in [-0.2, 0) is 13.6 Å². The lowest BCUT2D eigenvalue weighted by molar-refractivity contribution is -0.146. The van der Waals surface area contributed by atoms with Crippen LogP contribution in [0.2, 0.25) is 24.7 Å². The number of carbonyl (C=O) groups excluding carboxylic acids is 1. The number of rotatable bonds is 8. The van der Waals surface area contributed by atoms with Crippen molar-refractivity contribution in [3.8, 4) is 6.07 Å². The van der Waals surface area contributed by atoms with Gasteiger partial charge in [-0.25, -0.2) is 0 Å². The third-order valence-corrected chi connectivity index (χ3v) is 16.1. The fourth-order valence-corrected chi connectivity index (χ4v) is 13.7. The molecular weight excluding hydrogens is 527 g/mol. The van der Waals surface area contributed by atoms with E-state index >= 15 is 0 Å². The van der Waals surface area contributed by atoms with Crippen molar-refractivity contribution in [1.29, 1.82) is 5.26 Å². The topological polar surface area (TPSA) is 59.3 Å². The van der Waals surface area contributed by atoms with Gasteiger partial charge < -0.3 is 13.6 Å². The molecule has 0 aliphatic heterocycles. The number of carbonyl (C=O) groups is 1. The van der Waals surface area contributed by atoms with Gasteiger partial charge in [0.25, 0.3) is 8.32 Å². The lowest BCUT2D eigenvalue weighted by Crippen LogP contribution is -2.67. The van der Waals surface area contributed by atoms with Crippen molar-refractivity contribution < 1.29 is 13.6 Å². The number of fused-ring (bicyclic) bond motifs is 1. The third-order valence-electron chi connectivity index (χ3n) is 10.1. The minimum Gasteiger partial charge on any atom is -0.415 e. The summed E-state index contributed by atoms with van der Waals surface area (Å²) in [6.07, 6.45) is 4.46. The molecule has 0 heterocycles. The fraction of sp³-hybridized carbons (Fsp3) is 0.588. The molecule has 0 aromatic heterocycles. The van der Waals surface area contributed by atoms with E-state index < -0.39 is 27.5 Å². The van der Waals surface area contributed by atoms with E-state index in [1.807, 2.05) is 0 Å². The summed E-state index contributed by atoms with van der Waals surface area (Å²) in [5, 5.41) is 13.3. The van der Waals surface area contributed by atoms with Crippen molar-refractivity contribution in [3.05, 3.63) is 60.7 Å². The van der Waals surface area contributed by atoms with Crippen LogP contribution in [0.1, 0.15) is 60.3 Å². The average Bonchev–Trinajstić information content (AvgIpc) is 2.91. The summed E-state index contributed by atoms with van der Waals surface area (Å²) in [5.41, 5.74) is -1.15. The highest BCUT2D eigenvalue weighted by Gasteiger charge is 2.62. The molecule has 6 heteroatoms. The second-order valence-electron chi connectivity index (χ2n) is 14.6. The zero-order valence-corrected chi connectivity index (χ0v) is 27.9. The second-order valence-corrected chi connectivity index (χ2v) is 23.4. The van der Waals surface area contributed by atoms with Crippen LogP contribution in [0.4, 0.5) is 0 Å². The van der Waals surface area contributed by atoms with Gasteiger partial charge in [0.2, 0.25) is 0 Å². The lowest BCUT2D eigenvalue weighted by Gasteiger charge is -2.58. The van der Waals surface area contributed by atoms with Crippen molar-refractivity contribution in [1.82, 2.24) is 0 Å². The molecule has 1 unspecified atom stereocenters. The summed E-state index contributed by atoms with van der Waals surface area (Å²) in [6, 6.07) is 24.3. The number of hydrogen-bond acceptors (Lipinski definition) is 4. The molecule has 40 heavy (non-hydrogen) atoms. The Morgan fingerprint density at radius 3 is 2.00 bits per heavy atom. The van der Waals surface area contributed by atoms with E-state index in [4.69, 9.17) is 8.85 Å². The molecule has 0 radical (unpaired) electrons. The van der Waals surface area contributed by atoms with Gasteiger partial charge in [0.1, 0.15) is 6.29 Å². The van der Waals surface area contributed by atoms with Gasteiger partial charge >= 0.3 is 0 Å². The molecule has 2 aliphatic carbocycles. The number of benzene rings is 2. The van der Waals surface area contributed by atoms with Crippen molar-refractivity contribution >= 4 is 33.3 Å². The molecule has 216 valence electrons. The summed E-state index contributed by atoms with van der Waals surface area (Å²) < 4.78 is 14.2. The van der Waals surface area contributed by atoms with Crippen molar-refractivity contribution in [2.45, 2.75) is 91.1 Å². The SMILES string of the molecule is C[C@@H]1CC[C@@]2(C#N)[C@@H](CO[Si](c3ccccc3)(c3ccccc3)C(C)(C)C)CC(O[Si](C)(C)C)C[C@@H]2[C@@]1(C)C=O. The van der Waals surface area contributed by atoms with Crippen LogP contribution < -0.4 is 10.4 Å². The monoisotopic (exact) mass is 575 g/mol. The molecule has 0 amide bonds. The molecule has 2 aromatic carbocycles. The number of aldehydes is 1. The summed E-state index contributed by atoms with van der Waals surface area (Å²) in [6.45, 7) is 18.4. The Bertz CT molecular complexity index is 1160. The van der Waals surface area contributed by atoms with Gasteiger partial charge in [-0.15, -0.1) is 0 Å². The second kappa shape index (κ2) is 11.3. The van der Waals surface area contributed by atoms with E-state index in [2.05, 4.69) is 121 Å².